The summed E-state index contributed by atoms with van der Waals surface area (Å²) in [7, 11) is 2.10. The Morgan fingerprint density at radius 3 is 2.68 bits per heavy atom. The summed E-state index contributed by atoms with van der Waals surface area (Å²) < 4.78 is 1.24. The molecule has 3 aromatic rings. The number of fused-ring (bicyclic) bond motifs is 1. The summed E-state index contributed by atoms with van der Waals surface area (Å²) in [6.07, 6.45) is 4.69. The minimum absolute atomic E-state index is 0.962. The molecule has 0 amide bonds. The molecule has 2 heterocycles. The lowest BCUT2D eigenvalue weighted by Gasteiger charge is -2.15. The molecule has 0 aliphatic heterocycles. The Hall–Kier alpha value is -1.94. The number of pyridine rings is 1. The Labute approximate surface area is 116 Å². The molecule has 0 N–H and O–H groups in total. The van der Waals surface area contributed by atoms with E-state index in [0.29, 0.717) is 0 Å². The van der Waals surface area contributed by atoms with E-state index < -0.39 is 0 Å². The summed E-state index contributed by atoms with van der Waals surface area (Å²) in [6.45, 7) is 0.962. The lowest BCUT2D eigenvalue weighted by Crippen LogP contribution is -2.19. The Bertz CT molecular complexity index is 630. The molecule has 0 radical (unpaired) electrons. The highest BCUT2D eigenvalue weighted by Crippen LogP contribution is 2.27. The summed E-state index contributed by atoms with van der Waals surface area (Å²) in [5.74, 6) is 0. The third-order valence-electron chi connectivity index (χ3n) is 3.09. The fourth-order valence-corrected chi connectivity index (χ4v) is 2.92. The Balaban J connectivity index is 1.71. The predicted octanol–water partition coefficient (Wildman–Crippen LogP) is 3.37. The maximum atomic E-state index is 4.66. The van der Waals surface area contributed by atoms with Crippen LogP contribution in [0.5, 0.6) is 0 Å². The first-order chi connectivity index (χ1) is 9.33. The van der Waals surface area contributed by atoms with Gasteiger partial charge in [0.25, 0.3) is 0 Å². The van der Waals surface area contributed by atoms with Crippen LogP contribution < -0.4 is 4.90 Å². The van der Waals surface area contributed by atoms with E-state index in [1.54, 1.807) is 11.3 Å². The standard InChI is InChI=1S/C15H15N3S/c1-18(11-8-12-6-9-16-10-7-12)15-17-13-4-2-3-5-14(13)19-15/h2-7,9-10H,8,11H2,1H3. The van der Waals surface area contributed by atoms with Gasteiger partial charge in [-0.15, -0.1) is 0 Å². The van der Waals surface area contributed by atoms with Crippen LogP contribution in [-0.2, 0) is 6.42 Å². The molecule has 4 heteroatoms. The summed E-state index contributed by atoms with van der Waals surface area (Å²) >= 11 is 1.74. The van der Waals surface area contributed by atoms with E-state index in [0.717, 1.165) is 23.6 Å². The van der Waals surface area contributed by atoms with Gasteiger partial charge in [0.2, 0.25) is 0 Å². The molecule has 0 aliphatic rings. The first kappa shape index (κ1) is 12.1. The molecular formula is C15H15N3S. The zero-order valence-corrected chi connectivity index (χ0v) is 11.6. The van der Waals surface area contributed by atoms with Gasteiger partial charge in [-0.05, 0) is 36.2 Å². The van der Waals surface area contributed by atoms with Crippen LogP contribution in [0.2, 0.25) is 0 Å². The fraction of sp³-hybridized carbons (Fsp3) is 0.200. The van der Waals surface area contributed by atoms with Gasteiger partial charge >= 0.3 is 0 Å². The van der Waals surface area contributed by atoms with E-state index in [-0.39, 0.29) is 0 Å². The minimum Gasteiger partial charge on any atom is -0.351 e. The number of hydrogen-bond donors (Lipinski definition) is 0. The summed E-state index contributed by atoms with van der Waals surface area (Å²) in [5.41, 5.74) is 2.39. The lowest BCUT2D eigenvalue weighted by atomic mass is 10.2. The van der Waals surface area contributed by atoms with E-state index in [9.17, 15) is 0 Å². The maximum Gasteiger partial charge on any atom is 0.186 e. The molecule has 1 aromatic carbocycles. The smallest absolute Gasteiger partial charge is 0.186 e. The quantitative estimate of drug-likeness (QED) is 0.727. The number of hydrogen-bond acceptors (Lipinski definition) is 4. The van der Waals surface area contributed by atoms with Gasteiger partial charge in [-0.2, -0.15) is 0 Å². The first-order valence-corrected chi connectivity index (χ1v) is 7.10. The highest BCUT2D eigenvalue weighted by atomic mass is 32.1. The van der Waals surface area contributed by atoms with Crippen LogP contribution in [0.25, 0.3) is 10.2 Å². The van der Waals surface area contributed by atoms with Crippen LogP contribution in [0.3, 0.4) is 0 Å². The van der Waals surface area contributed by atoms with Crippen molar-refractivity contribution >= 4 is 26.7 Å². The molecule has 0 aliphatic carbocycles. The molecule has 0 bridgehead atoms. The molecule has 19 heavy (non-hydrogen) atoms. The summed E-state index contributed by atoms with van der Waals surface area (Å²) in [5, 5.41) is 1.08. The van der Waals surface area contributed by atoms with Crippen LogP contribution in [0.1, 0.15) is 5.56 Å². The fourth-order valence-electron chi connectivity index (χ4n) is 1.97. The van der Waals surface area contributed by atoms with Gasteiger partial charge in [0.1, 0.15) is 0 Å². The Kier molecular flexibility index (Phi) is 3.42. The second-order valence-corrected chi connectivity index (χ2v) is 5.50. The van der Waals surface area contributed by atoms with Gasteiger partial charge in [-0.1, -0.05) is 23.5 Å². The topological polar surface area (TPSA) is 29.0 Å². The molecular weight excluding hydrogens is 254 g/mol. The predicted molar refractivity (Wildman–Crippen MR) is 80.8 cm³/mol. The number of benzene rings is 1. The van der Waals surface area contributed by atoms with E-state index in [1.807, 2.05) is 18.5 Å². The summed E-state index contributed by atoms with van der Waals surface area (Å²) in [6, 6.07) is 12.4. The van der Waals surface area contributed by atoms with Crippen molar-refractivity contribution in [1.82, 2.24) is 9.97 Å². The number of aromatic nitrogens is 2. The molecule has 96 valence electrons. The lowest BCUT2D eigenvalue weighted by molar-refractivity contribution is 0.871. The van der Waals surface area contributed by atoms with E-state index >= 15 is 0 Å². The largest absolute Gasteiger partial charge is 0.351 e. The Morgan fingerprint density at radius 1 is 1.11 bits per heavy atom. The van der Waals surface area contributed by atoms with Crippen molar-refractivity contribution in [1.29, 1.82) is 0 Å². The van der Waals surface area contributed by atoms with Crippen molar-refractivity contribution in [3.63, 3.8) is 0 Å². The highest BCUT2D eigenvalue weighted by molar-refractivity contribution is 7.22. The van der Waals surface area contributed by atoms with Crippen LogP contribution in [0.4, 0.5) is 5.13 Å². The number of rotatable bonds is 4. The number of anilines is 1. The van der Waals surface area contributed by atoms with Crippen molar-refractivity contribution in [2.45, 2.75) is 6.42 Å². The van der Waals surface area contributed by atoms with Gasteiger partial charge in [0.15, 0.2) is 5.13 Å². The highest BCUT2D eigenvalue weighted by Gasteiger charge is 2.07. The molecule has 2 aromatic heterocycles. The average molecular weight is 269 g/mol. The third kappa shape index (κ3) is 2.74. The molecule has 0 saturated heterocycles. The molecule has 3 rings (SSSR count). The molecule has 0 atom stereocenters. The van der Waals surface area contributed by atoms with Gasteiger partial charge in [0, 0.05) is 26.0 Å². The minimum atomic E-state index is 0.962. The van der Waals surface area contributed by atoms with Crippen molar-refractivity contribution in [3.8, 4) is 0 Å². The van der Waals surface area contributed by atoms with Gasteiger partial charge in [0.05, 0.1) is 10.2 Å². The van der Waals surface area contributed by atoms with E-state index in [1.165, 1.54) is 10.3 Å². The van der Waals surface area contributed by atoms with E-state index in [2.05, 4.69) is 52.2 Å². The zero-order chi connectivity index (χ0) is 13.1. The normalized spacial score (nSPS) is 10.8. The van der Waals surface area contributed by atoms with Crippen LogP contribution in [-0.4, -0.2) is 23.6 Å². The van der Waals surface area contributed by atoms with E-state index in [4.69, 9.17) is 0 Å². The van der Waals surface area contributed by atoms with Crippen LogP contribution in [0.15, 0.2) is 48.8 Å². The second-order valence-electron chi connectivity index (χ2n) is 4.49. The van der Waals surface area contributed by atoms with Gasteiger partial charge in [-0.25, -0.2) is 4.98 Å². The average Bonchev–Trinajstić information content (AvgIpc) is 2.90. The molecule has 0 unspecified atom stereocenters. The molecule has 0 saturated carbocycles. The first-order valence-electron chi connectivity index (χ1n) is 6.28. The van der Waals surface area contributed by atoms with Crippen molar-refractivity contribution in [3.05, 3.63) is 54.4 Å². The number of para-hydroxylation sites is 1. The van der Waals surface area contributed by atoms with Gasteiger partial charge in [-0.3, -0.25) is 4.98 Å². The monoisotopic (exact) mass is 269 g/mol. The number of thiazole rings is 1. The number of likely N-dealkylation sites (N-methyl/N-ethyl adjacent to an activating group) is 1. The van der Waals surface area contributed by atoms with Crippen molar-refractivity contribution in [2.24, 2.45) is 0 Å². The van der Waals surface area contributed by atoms with Crippen molar-refractivity contribution in [2.75, 3.05) is 18.5 Å². The third-order valence-corrected chi connectivity index (χ3v) is 4.25. The number of nitrogens with zero attached hydrogens (tertiary/aromatic N) is 3. The maximum absolute atomic E-state index is 4.66. The molecule has 3 nitrogen and oxygen atoms in total. The van der Waals surface area contributed by atoms with Crippen LogP contribution >= 0.6 is 11.3 Å². The second kappa shape index (κ2) is 5.36. The van der Waals surface area contributed by atoms with Crippen molar-refractivity contribution < 1.29 is 0 Å². The zero-order valence-electron chi connectivity index (χ0n) is 10.8. The van der Waals surface area contributed by atoms with Gasteiger partial charge < -0.3 is 4.90 Å². The Morgan fingerprint density at radius 2 is 1.89 bits per heavy atom. The molecule has 0 fully saturated rings. The van der Waals surface area contributed by atoms with Crippen LogP contribution in [0, 0.1) is 0 Å². The summed E-state index contributed by atoms with van der Waals surface area (Å²) in [4.78, 5) is 10.9. The SMILES string of the molecule is CN(CCc1ccncc1)c1nc2ccccc2s1. The molecule has 0 spiro atoms.